The van der Waals surface area contributed by atoms with Crippen LogP contribution < -0.4 is 15.8 Å². The van der Waals surface area contributed by atoms with Crippen LogP contribution in [-0.4, -0.2) is 22.1 Å². The minimum Gasteiger partial charge on any atom is -0.480 e. The van der Waals surface area contributed by atoms with Crippen LogP contribution in [0, 0.1) is 13.0 Å². The van der Waals surface area contributed by atoms with Gasteiger partial charge in [-0.25, -0.2) is 9.97 Å². The lowest BCUT2D eigenvalue weighted by atomic mass is 10.0. The Morgan fingerprint density at radius 2 is 1.93 bits per heavy atom. The fraction of sp³-hybridized carbons (Fsp3) is 0.278. The Kier molecular flexibility index (Phi) is 4.77. The summed E-state index contributed by atoms with van der Waals surface area (Å²) >= 11 is 0. The first-order valence-electron chi connectivity index (χ1n) is 8.02. The van der Waals surface area contributed by atoms with Crippen molar-refractivity contribution < 1.29 is 17.9 Å². The van der Waals surface area contributed by atoms with Gasteiger partial charge in [-0.05, 0) is 43.7 Å². The number of rotatable bonds is 4. The van der Waals surface area contributed by atoms with Crippen LogP contribution in [0.5, 0.6) is 5.88 Å². The third kappa shape index (κ3) is 4.02. The Labute approximate surface area is 153 Å². The number of nitrogens with zero attached hydrogens (tertiary/aromatic N) is 3. The monoisotopic (exact) mass is 376 g/mol. The number of nitrogens with two attached hydrogens (primary N) is 1. The van der Waals surface area contributed by atoms with Gasteiger partial charge >= 0.3 is 6.18 Å². The van der Waals surface area contributed by atoms with Crippen molar-refractivity contribution in [3.05, 3.63) is 47.3 Å². The van der Waals surface area contributed by atoms with Crippen molar-refractivity contribution >= 4 is 22.5 Å². The lowest BCUT2D eigenvalue weighted by Crippen LogP contribution is -2.13. The number of alkyl halides is 3. The smallest absolute Gasteiger partial charge is 0.416 e. The van der Waals surface area contributed by atoms with Crippen molar-refractivity contribution in [1.82, 2.24) is 15.0 Å². The Morgan fingerprint density at radius 3 is 2.59 bits per heavy atom. The van der Waals surface area contributed by atoms with Crippen LogP contribution in [0.4, 0.5) is 24.7 Å². The number of anilines is 2. The maximum atomic E-state index is 13.0. The Hall–Kier alpha value is -3.10. The summed E-state index contributed by atoms with van der Waals surface area (Å²) in [5.74, 6) is 1.18. The van der Waals surface area contributed by atoms with Gasteiger partial charge in [-0.3, -0.25) is 0 Å². The summed E-state index contributed by atoms with van der Waals surface area (Å²) in [5, 5.41) is 3.69. The van der Waals surface area contributed by atoms with E-state index in [1.165, 1.54) is 13.2 Å². The Balaban J connectivity index is 1.99. The number of benzene rings is 1. The Morgan fingerprint density at radius 1 is 1.19 bits per heavy atom. The van der Waals surface area contributed by atoms with Gasteiger partial charge in [0.2, 0.25) is 5.88 Å². The van der Waals surface area contributed by atoms with Gasteiger partial charge in [0.05, 0.1) is 30.2 Å². The quantitative estimate of drug-likeness (QED) is 0.672. The molecule has 9 heteroatoms. The first-order valence-corrected chi connectivity index (χ1v) is 8.02. The van der Waals surface area contributed by atoms with Crippen molar-refractivity contribution in [1.29, 1.82) is 0 Å². The number of pyridine rings is 1. The summed E-state index contributed by atoms with van der Waals surface area (Å²) < 4.78 is 44.2. The number of ether oxygens (including phenoxy) is 1. The fourth-order valence-corrected chi connectivity index (χ4v) is 2.64. The van der Waals surface area contributed by atoms with Crippen molar-refractivity contribution in [2.24, 2.45) is 0 Å². The number of hydrogen-bond acceptors (Lipinski definition) is 6. The molecular weight excluding hydrogens is 359 g/mol. The third-order valence-electron chi connectivity index (χ3n) is 3.94. The van der Waals surface area contributed by atoms with Crippen molar-refractivity contribution in [3.8, 4) is 5.88 Å². The van der Waals surface area contributed by atoms with E-state index in [1.807, 2.05) is 0 Å². The number of nitrogens with one attached hydrogen (secondary N) is 1. The van der Waals surface area contributed by atoms with Crippen LogP contribution >= 0.6 is 0 Å². The molecule has 2 heterocycles. The topological polar surface area (TPSA) is 86.0 Å². The number of fused-ring (bicyclic) bond motifs is 1. The van der Waals surface area contributed by atoms with E-state index in [-0.39, 0.29) is 11.6 Å². The lowest BCUT2D eigenvalue weighted by molar-refractivity contribution is -0.137. The molecule has 0 fully saturated rings. The third-order valence-corrected chi connectivity index (χ3v) is 3.94. The van der Waals surface area contributed by atoms with Gasteiger partial charge in [-0.1, -0.05) is 0 Å². The maximum absolute atomic E-state index is 13.0. The molecule has 0 aliphatic heterocycles. The molecule has 0 unspecified atom stereocenters. The summed E-state index contributed by atoms with van der Waals surface area (Å²) in [6.45, 7) is 3.42. The molecule has 1 atom stereocenters. The van der Waals surface area contributed by atoms with Gasteiger partial charge in [0.1, 0.15) is 11.6 Å². The van der Waals surface area contributed by atoms with Crippen LogP contribution in [0.1, 0.15) is 29.9 Å². The number of hydrogen-bond donors (Lipinski definition) is 2. The zero-order chi connectivity index (χ0) is 19.8. The molecule has 0 saturated carbocycles. The average Bonchev–Trinajstić information content (AvgIpc) is 2.59. The van der Waals surface area contributed by atoms with Gasteiger partial charge in [0.25, 0.3) is 0 Å². The molecule has 3 N–H and O–H groups in total. The van der Waals surface area contributed by atoms with Crippen LogP contribution in [0.3, 0.4) is 0 Å². The van der Waals surface area contributed by atoms with E-state index < -0.39 is 17.8 Å². The highest BCUT2D eigenvalue weighted by Crippen LogP contribution is 2.33. The molecule has 1 aromatic carbocycles. The molecule has 0 bridgehead atoms. The summed E-state index contributed by atoms with van der Waals surface area (Å²) in [7, 11) is 1.47. The molecule has 1 radical (unpaired) electrons. The largest absolute Gasteiger partial charge is 0.480 e. The van der Waals surface area contributed by atoms with E-state index in [9.17, 15) is 13.2 Å². The zero-order valence-corrected chi connectivity index (χ0v) is 14.8. The highest BCUT2D eigenvalue weighted by molar-refractivity contribution is 5.86. The molecular formula is C18H17F3N5O. The molecule has 3 rings (SSSR count). The van der Waals surface area contributed by atoms with Crippen LogP contribution in [0.15, 0.2) is 24.3 Å². The van der Waals surface area contributed by atoms with Gasteiger partial charge in [-0.15, -0.1) is 0 Å². The van der Waals surface area contributed by atoms with Crippen molar-refractivity contribution in [2.75, 3.05) is 18.2 Å². The van der Waals surface area contributed by atoms with E-state index >= 15 is 0 Å². The molecule has 0 spiro atoms. The number of aromatic nitrogens is 3. The maximum Gasteiger partial charge on any atom is 0.416 e. The second-order valence-electron chi connectivity index (χ2n) is 6.02. The molecule has 6 nitrogen and oxygen atoms in total. The van der Waals surface area contributed by atoms with Gasteiger partial charge in [0.15, 0.2) is 5.65 Å². The van der Waals surface area contributed by atoms with E-state index in [1.54, 1.807) is 19.9 Å². The molecule has 141 valence electrons. The standard InChI is InChI=1S/C18H17F3N5O/c1-9(11-6-12(18(19,20)21)8-13(22)7-11)23-16-14-4-5-15(27-3)26-17(14)25-10(2)24-16/h4,6-9H,22H2,1-3H3,(H,23,24,25,26)/t9-/m1/s1. The summed E-state index contributed by atoms with van der Waals surface area (Å²) in [5.41, 5.74) is 5.68. The van der Waals surface area contributed by atoms with Crippen molar-refractivity contribution in [3.63, 3.8) is 0 Å². The molecule has 2 aromatic heterocycles. The van der Waals surface area contributed by atoms with Crippen LogP contribution in [0.25, 0.3) is 11.0 Å². The first kappa shape index (κ1) is 18.7. The molecule has 3 aromatic rings. The molecule has 0 aliphatic carbocycles. The number of methoxy groups -OCH3 is 1. The van der Waals surface area contributed by atoms with Crippen molar-refractivity contribution in [2.45, 2.75) is 26.1 Å². The summed E-state index contributed by atoms with van der Waals surface area (Å²) in [6.07, 6.45) is -4.47. The minimum atomic E-state index is -4.47. The predicted octanol–water partition coefficient (Wildman–Crippen LogP) is 3.92. The molecule has 0 aliphatic rings. The van der Waals surface area contributed by atoms with Crippen LogP contribution in [0.2, 0.25) is 0 Å². The minimum absolute atomic E-state index is 0.0388. The lowest BCUT2D eigenvalue weighted by Gasteiger charge is -2.19. The second kappa shape index (κ2) is 6.90. The number of nitrogen functional groups attached to an aromatic ring is 1. The average molecular weight is 376 g/mol. The van der Waals surface area contributed by atoms with E-state index in [0.29, 0.717) is 28.2 Å². The summed E-state index contributed by atoms with van der Waals surface area (Å²) in [6, 6.07) is 7.45. The van der Waals surface area contributed by atoms with E-state index in [4.69, 9.17) is 10.5 Å². The molecule has 0 saturated heterocycles. The highest BCUT2D eigenvalue weighted by Gasteiger charge is 2.31. The second-order valence-corrected chi connectivity index (χ2v) is 6.02. The van der Waals surface area contributed by atoms with Gasteiger partial charge < -0.3 is 15.8 Å². The van der Waals surface area contributed by atoms with Crippen LogP contribution in [-0.2, 0) is 6.18 Å². The first-order chi connectivity index (χ1) is 12.7. The zero-order valence-electron chi connectivity index (χ0n) is 14.8. The van der Waals surface area contributed by atoms with Gasteiger partial charge in [-0.2, -0.15) is 18.2 Å². The van der Waals surface area contributed by atoms with E-state index in [0.717, 1.165) is 12.1 Å². The highest BCUT2D eigenvalue weighted by atomic mass is 19.4. The van der Waals surface area contributed by atoms with Gasteiger partial charge in [0, 0.05) is 5.69 Å². The SMILES string of the molecule is COc1[c]cc2c(N[C@H](C)c3cc(N)cc(C(F)(F)F)c3)nc(C)nc2n1. The number of halogens is 3. The van der Waals surface area contributed by atoms with E-state index in [2.05, 4.69) is 26.3 Å². The number of aryl methyl sites for hydroxylation is 1. The normalized spacial score (nSPS) is 12.8. The molecule has 0 amide bonds. The Bertz CT molecular complexity index is 991. The summed E-state index contributed by atoms with van der Waals surface area (Å²) in [4.78, 5) is 12.8. The molecule has 27 heavy (non-hydrogen) atoms. The fourth-order valence-electron chi connectivity index (χ4n) is 2.64. The predicted molar refractivity (Wildman–Crippen MR) is 95.4 cm³/mol.